The van der Waals surface area contributed by atoms with Crippen LogP contribution in [0.4, 0.5) is 0 Å². The van der Waals surface area contributed by atoms with E-state index in [0.29, 0.717) is 0 Å². The van der Waals surface area contributed by atoms with E-state index in [-0.39, 0.29) is 0 Å². The summed E-state index contributed by atoms with van der Waals surface area (Å²) in [4.78, 5) is 0. The Morgan fingerprint density at radius 1 is 0.900 bits per heavy atom. The van der Waals surface area contributed by atoms with Crippen LogP contribution in [0.2, 0.25) is 0 Å². The molecule has 0 bridgehead atoms. The van der Waals surface area contributed by atoms with Gasteiger partial charge in [-0.1, -0.05) is 0 Å². The molecule has 1 rings (SSSR count). The Morgan fingerprint density at radius 2 is 1.40 bits per heavy atom. The van der Waals surface area contributed by atoms with Crippen molar-refractivity contribution in [1.29, 1.82) is 0 Å². The van der Waals surface area contributed by atoms with Gasteiger partial charge in [0.15, 0.2) is 0 Å². The van der Waals surface area contributed by atoms with E-state index in [0.717, 1.165) is 4.40 Å². The first-order chi connectivity index (χ1) is 4.61. The van der Waals surface area contributed by atoms with Gasteiger partial charge in [0.1, 0.15) is 0 Å². The third-order valence-corrected chi connectivity index (χ3v) is 6.58. The van der Waals surface area contributed by atoms with Crippen molar-refractivity contribution in [1.82, 2.24) is 0 Å². The van der Waals surface area contributed by atoms with Gasteiger partial charge in [0.25, 0.3) is 0 Å². The van der Waals surface area contributed by atoms with E-state index in [1.165, 1.54) is 0 Å². The molecule has 0 atom stereocenters. The van der Waals surface area contributed by atoms with Crippen LogP contribution in [0.3, 0.4) is 0 Å². The van der Waals surface area contributed by atoms with Gasteiger partial charge in [-0.2, -0.15) is 0 Å². The fourth-order valence-electron chi connectivity index (χ4n) is 0.627. The Kier molecular flexibility index (Phi) is 2.93. The van der Waals surface area contributed by atoms with E-state index >= 15 is 0 Å². The monoisotopic (exact) mass is 256 g/mol. The SMILES string of the molecule is [Cl][Ge]([Cl])([Cl])[c]1ccccc1. The summed E-state index contributed by atoms with van der Waals surface area (Å²) in [5, 5.41) is 0. The Hall–Kier alpha value is 0.633. The van der Waals surface area contributed by atoms with Crippen LogP contribution in [0.15, 0.2) is 30.3 Å². The minimum atomic E-state index is -3.08. The number of hydrogen-bond donors (Lipinski definition) is 0. The van der Waals surface area contributed by atoms with E-state index < -0.39 is 10.5 Å². The van der Waals surface area contributed by atoms with Crippen molar-refractivity contribution in [3.63, 3.8) is 0 Å². The Balaban J connectivity index is 2.97. The molecular weight excluding hydrogens is 251 g/mol. The van der Waals surface area contributed by atoms with Crippen LogP contribution in [0.5, 0.6) is 0 Å². The first kappa shape index (κ1) is 8.73. The zero-order valence-electron chi connectivity index (χ0n) is 5.02. The molecule has 1 aromatic carbocycles. The number of rotatable bonds is 1. The number of halogens is 3. The van der Waals surface area contributed by atoms with Gasteiger partial charge in [0.2, 0.25) is 0 Å². The molecule has 0 unspecified atom stereocenters. The summed E-state index contributed by atoms with van der Waals surface area (Å²) in [6.45, 7) is 0. The zero-order chi connectivity index (χ0) is 7.61. The molecule has 10 heavy (non-hydrogen) atoms. The summed E-state index contributed by atoms with van der Waals surface area (Å²) in [5.41, 5.74) is 0. The minimum absolute atomic E-state index is 0.882. The fraction of sp³-hybridized carbons (Fsp3) is 0. The molecule has 0 saturated carbocycles. The predicted molar refractivity (Wildman–Crippen MR) is 49.4 cm³/mol. The van der Waals surface area contributed by atoms with Crippen molar-refractivity contribution in [3.8, 4) is 0 Å². The maximum atomic E-state index is 5.78. The van der Waals surface area contributed by atoms with E-state index in [4.69, 9.17) is 30.0 Å². The molecule has 0 amide bonds. The third-order valence-electron chi connectivity index (χ3n) is 1.10. The molecule has 0 nitrogen and oxygen atoms in total. The van der Waals surface area contributed by atoms with Gasteiger partial charge < -0.3 is 0 Å². The van der Waals surface area contributed by atoms with Gasteiger partial charge in [-0.05, 0) is 0 Å². The van der Waals surface area contributed by atoms with Gasteiger partial charge in [-0.25, -0.2) is 0 Å². The van der Waals surface area contributed by atoms with Gasteiger partial charge >= 0.3 is 75.2 Å². The van der Waals surface area contributed by atoms with E-state index in [9.17, 15) is 0 Å². The molecule has 0 aromatic heterocycles. The Labute approximate surface area is 75.0 Å². The van der Waals surface area contributed by atoms with E-state index in [1.54, 1.807) is 0 Å². The van der Waals surface area contributed by atoms with Crippen LogP contribution in [0, 0.1) is 0 Å². The summed E-state index contributed by atoms with van der Waals surface area (Å²) in [5.74, 6) is 0. The molecule has 0 spiro atoms. The molecule has 0 aliphatic heterocycles. The van der Waals surface area contributed by atoms with Crippen LogP contribution in [-0.4, -0.2) is 10.5 Å². The molecule has 0 N–H and O–H groups in total. The summed E-state index contributed by atoms with van der Waals surface area (Å²) in [7, 11) is 14.2. The van der Waals surface area contributed by atoms with Gasteiger partial charge in [-0.3, -0.25) is 0 Å². The molecule has 0 radical (unpaired) electrons. The van der Waals surface area contributed by atoms with Crippen molar-refractivity contribution in [2.45, 2.75) is 0 Å². The van der Waals surface area contributed by atoms with Crippen molar-refractivity contribution in [2.24, 2.45) is 0 Å². The van der Waals surface area contributed by atoms with Gasteiger partial charge in [0.05, 0.1) is 0 Å². The molecule has 54 valence electrons. The van der Waals surface area contributed by atoms with Gasteiger partial charge in [-0.15, -0.1) is 0 Å². The average Bonchev–Trinajstić information content (AvgIpc) is 1.88. The zero-order valence-corrected chi connectivity index (χ0v) is 9.39. The summed E-state index contributed by atoms with van der Waals surface area (Å²) in [6.07, 6.45) is 0. The fourth-order valence-corrected chi connectivity index (χ4v) is 3.79. The number of benzene rings is 1. The normalized spacial score (nSPS) is 11.5. The first-order valence-electron chi connectivity index (χ1n) is 2.73. The molecule has 0 heterocycles. The first-order valence-corrected chi connectivity index (χ1v) is 12.0. The van der Waals surface area contributed by atoms with E-state index in [2.05, 4.69) is 0 Å². The molecular formula is C6H5Cl3Ge. The van der Waals surface area contributed by atoms with Crippen LogP contribution in [0.1, 0.15) is 0 Å². The van der Waals surface area contributed by atoms with Crippen molar-refractivity contribution in [3.05, 3.63) is 30.3 Å². The van der Waals surface area contributed by atoms with Crippen LogP contribution in [0.25, 0.3) is 0 Å². The average molecular weight is 256 g/mol. The summed E-state index contributed by atoms with van der Waals surface area (Å²) in [6, 6.07) is 9.37. The van der Waals surface area contributed by atoms with E-state index in [1.807, 2.05) is 30.3 Å². The van der Waals surface area contributed by atoms with Crippen molar-refractivity contribution in [2.75, 3.05) is 0 Å². The molecule has 0 aliphatic carbocycles. The van der Waals surface area contributed by atoms with Crippen LogP contribution >= 0.6 is 30.0 Å². The topological polar surface area (TPSA) is 0 Å². The summed E-state index contributed by atoms with van der Waals surface area (Å²) < 4.78 is 0.882. The predicted octanol–water partition coefficient (Wildman–Crippen LogP) is 2.55. The maximum absolute atomic E-state index is 5.78. The van der Waals surface area contributed by atoms with Crippen molar-refractivity contribution >= 4 is 44.9 Å². The second kappa shape index (κ2) is 3.35. The third kappa shape index (κ3) is 2.35. The molecule has 0 aliphatic rings. The Bertz CT molecular complexity index is 204. The molecule has 0 fully saturated rings. The second-order valence-electron chi connectivity index (χ2n) is 1.86. The molecule has 4 heteroatoms. The Morgan fingerprint density at radius 3 is 1.70 bits per heavy atom. The van der Waals surface area contributed by atoms with Crippen LogP contribution < -0.4 is 4.40 Å². The van der Waals surface area contributed by atoms with Crippen LogP contribution in [-0.2, 0) is 0 Å². The quantitative estimate of drug-likeness (QED) is 0.677. The standard InChI is InChI=1S/C6H5Cl3Ge/c7-10(8,9)6-4-2-1-3-5-6/h1-5H. The molecule has 1 aromatic rings. The van der Waals surface area contributed by atoms with Gasteiger partial charge in [0, 0.05) is 0 Å². The van der Waals surface area contributed by atoms with Crippen molar-refractivity contribution < 1.29 is 0 Å². The second-order valence-corrected chi connectivity index (χ2v) is 17.0. The molecule has 0 saturated heterocycles. The summed E-state index contributed by atoms with van der Waals surface area (Å²) >= 11 is 0. The number of hydrogen-bond acceptors (Lipinski definition) is 0.